The van der Waals surface area contributed by atoms with Gasteiger partial charge in [-0.2, -0.15) is 0 Å². The van der Waals surface area contributed by atoms with Crippen molar-refractivity contribution in [1.29, 1.82) is 0 Å². The molecule has 1 aromatic carbocycles. The molecular formula is C14H19FN2O2. The lowest BCUT2D eigenvalue weighted by atomic mass is 9.98. The highest BCUT2D eigenvalue weighted by Crippen LogP contribution is 2.20. The van der Waals surface area contributed by atoms with Crippen LogP contribution < -0.4 is 5.32 Å². The third-order valence-corrected chi connectivity index (χ3v) is 3.39. The van der Waals surface area contributed by atoms with Gasteiger partial charge in [0.1, 0.15) is 5.82 Å². The molecule has 0 aliphatic carbocycles. The van der Waals surface area contributed by atoms with Crippen LogP contribution in [0.15, 0.2) is 24.3 Å². The first-order valence-corrected chi connectivity index (χ1v) is 6.47. The van der Waals surface area contributed by atoms with Crippen LogP contribution in [0.25, 0.3) is 0 Å². The fourth-order valence-electron chi connectivity index (χ4n) is 2.33. The number of benzene rings is 1. The van der Waals surface area contributed by atoms with Crippen LogP contribution in [0, 0.1) is 5.82 Å². The van der Waals surface area contributed by atoms with Crippen molar-refractivity contribution >= 4 is 5.97 Å². The van der Waals surface area contributed by atoms with E-state index in [4.69, 9.17) is 4.74 Å². The summed E-state index contributed by atoms with van der Waals surface area (Å²) in [5.74, 6) is -1.07. The highest BCUT2D eigenvalue weighted by molar-refractivity contribution is 5.78. The van der Waals surface area contributed by atoms with Crippen molar-refractivity contribution in [2.45, 2.75) is 5.92 Å². The summed E-state index contributed by atoms with van der Waals surface area (Å²) in [6.45, 7) is 4.18. The largest absolute Gasteiger partial charge is 0.469 e. The number of nitrogens with zero attached hydrogens (tertiary/aromatic N) is 1. The number of methoxy groups -OCH3 is 1. The molecule has 1 saturated heterocycles. The molecule has 4 nitrogen and oxygen atoms in total. The minimum atomic E-state index is -0.432. The van der Waals surface area contributed by atoms with Gasteiger partial charge in [0.25, 0.3) is 0 Å². The number of hydrogen-bond acceptors (Lipinski definition) is 4. The summed E-state index contributed by atoms with van der Waals surface area (Å²) in [6.07, 6.45) is 0. The van der Waals surface area contributed by atoms with E-state index in [1.807, 2.05) is 0 Å². The maximum absolute atomic E-state index is 13.3. The van der Waals surface area contributed by atoms with E-state index in [2.05, 4.69) is 10.2 Å². The Bertz CT molecular complexity index is 433. The Morgan fingerprint density at radius 1 is 1.47 bits per heavy atom. The Labute approximate surface area is 112 Å². The van der Waals surface area contributed by atoms with E-state index in [1.54, 1.807) is 12.1 Å². The number of carbonyl (C=O) groups excluding carboxylic acids is 1. The van der Waals surface area contributed by atoms with Gasteiger partial charge in [-0.25, -0.2) is 4.39 Å². The molecule has 1 N–H and O–H groups in total. The minimum Gasteiger partial charge on any atom is -0.469 e. The first-order valence-electron chi connectivity index (χ1n) is 6.47. The van der Waals surface area contributed by atoms with Gasteiger partial charge in [0.05, 0.1) is 13.0 Å². The van der Waals surface area contributed by atoms with E-state index >= 15 is 0 Å². The first kappa shape index (κ1) is 14.0. The second-order valence-electron chi connectivity index (χ2n) is 4.68. The van der Waals surface area contributed by atoms with Crippen LogP contribution in [0.5, 0.6) is 0 Å². The lowest BCUT2D eigenvalue weighted by Gasteiger charge is -2.30. The third-order valence-electron chi connectivity index (χ3n) is 3.39. The topological polar surface area (TPSA) is 41.6 Å². The number of nitrogens with one attached hydrogen (secondary N) is 1. The summed E-state index contributed by atoms with van der Waals surface area (Å²) in [6, 6.07) is 6.18. The molecule has 0 aromatic heterocycles. The van der Waals surface area contributed by atoms with Gasteiger partial charge >= 0.3 is 5.97 Å². The molecule has 19 heavy (non-hydrogen) atoms. The molecule has 0 amide bonds. The minimum absolute atomic E-state index is 0.316. The quantitative estimate of drug-likeness (QED) is 0.825. The zero-order valence-corrected chi connectivity index (χ0v) is 11.1. The second-order valence-corrected chi connectivity index (χ2v) is 4.68. The van der Waals surface area contributed by atoms with Gasteiger partial charge in [0.15, 0.2) is 0 Å². The van der Waals surface area contributed by atoms with E-state index < -0.39 is 5.92 Å². The monoisotopic (exact) mass is 266 g/mol. The molecule has 1 heterocycles. The molecule has 1 aromatic rings. The van der Waals surface area contributed by atoms with Crippen LogP contribution in [-0.2, 0) is 9.53 Å². The van der Waals surface area contributed by atoms with E-state index in [0.29, 0.717) is 12.1 Å². The zero-order chi connectivity index (χ0) is 13.7. The van der Waals surface area contributed by atoms with E-state index in [9.17, 15) is 9.18 Å². The van der Waals surface area contributed by atoms with Gasteiger partial charge in [-0.15, -0.1) is 0 Å². The predicted octanol–water partition coefficient (Wildman–Crippen LogP) is 0.988. The molecule has 0 saturated carbocycles. The van der Waals surface area contributed by atoms with Crippen molar-refractivity contribution in [2.24, 2.45) is 0 Å². The fraction of sp³-hybridized carbons (Fsp3) is 0.500. The van der Waals surface area contributed by atoms with Gasteiger partial charge in [-0.05, 0) is 17.7 Å². The molecule has 1 aliphatic heterocycles. The normalized spacial score (nSPS) is 18.0. The summed E-state index contributed by atoms with van der Waals surface area (Å²) >= 11 is 0. The lowest BCUT2D eigenvalue weighted by molar-refractivity contribution is -0.143. The number of esters is 1. The number of halogens is 1. The fourth-order valence-corrected chi connectivity index (χ4v) is 2.33. The molecule has 5 heteroatoms. The van der Waals surface area contributed by atoms with E-state index in [-0.39, 0.29) is 11.8 Å². The molecule has 2 rings (SSSR count). The molecule has 1 fully saturated rings. The molecule has 1 aliphatic rings. The molecule has 0 radical (unpaired) electrons. The Hall–Kier alpha value is -1.46. The smallest absolute Gasteiger partial charge is 0.314 e. The van der Waals surface area contributed by atoms with Gasteiger partial charge in [0, 0.05) is 32.7 Å². The molecule has 0 spiro atoms. The standard InChI is InChI=1S/C14H19FN2O2/c1-19-14(18)13(10-17-7-5-16-6-8-17)11-3-2-4-12(15)9-11/h2-4,9,13,16H,5-8,10H2,1H3. The summed E-state index contributed by atoms with van der Waals surface area (Å²) in [5.41, 5.74) is 0.672. The third kappa shape index (κ3) is 3.75. The van der Waals surface area contributed by atoms with E-state index in [0.717, 1.165) is 26.2 Å². The summed E-state index contributed by atoms with van der Waals surface area (Å²) in [5, 5.41) is 3.26. The second kappa shape index (κ2) is 6.63. The number of ether oxygens (including phenoxy) is 1. The molecular weight excluding hydrogens is 247 g/mol. The summed E-state index contributed by atoms with van der Waals surface area (Å²) < 4.78 is 18.1. The lowest BCUT2D eigenvalue weighted by Crippen LogP contribution is -2.45. The van der Waals surface area contributed by atoms with Gasteiger partial charge in [0.2, 0.25) is 0 Å². The maximum atomic E-state index is 13.3. The number of carbonyl (C=O) groups is 1. The Morgan fingerprint density at radius 2 is 2.21 bits per heavy atom. The van der Waals surface area contributed by atoms with E-state index in [1.165, 1.54) is 19.2 Å². The Kier molecular flexibility index (Phi) is 4.87. The summed E-state index contributed by atoms with van der Waals surface area (Å²) in [4.78, 5) is 14.1. The van der Waals surface area contributed by atoms with Crippen molar-refractivity contribution in [1.82, 2.24) is 10.2 Å². The average molecular weight is 266 g/mol. The maximum Gasteiger partial charge on any atom is 0.314 e. The van der Waals surface area contributed by atoms with Crippen molar-refractivity contribution in [2.75, 3.05) is 39.8 Å². The van der Waals surface area contributed by atoms with Gasteiger partial charge < -0.3 is 10.1 Å². The van der Waals surface area contributed by atoms with Crippen molar-refractivity contribution in [3.8, 4) is 0 Å². The Balaban J connectivity index is 2.13. The molecule has 104 valence electrons. The summed E-state index contributed by atoms with van der Waals surface area (Å²) in [7, 11) is 1.37. The highest BCUT2D eigenvalue weighted by Gasteiger charge is 2.25. The zero-order valence-electron chi connectivity index (χ0n) is 11.1. The van der Waals surface area contributed by atoms with Crippen molar-refractivity contribution in [3.05, 3.63) is 35.6 Å². The Morgan fingerprint density at radius 3 is 2.84 bits per heavy atom. The van der Waals surface area contributed by atoms with Crippen LogP contribution in [-0.4, -0.2) is 50.7 Å². The van der Waals surface area contributed by atoms with Crippen LogP contribution in [0.1, 0.15) is 11.5 Å². The number of rotatable bonds is 4. The van der Waals surface area contributed by atoms with Crippen molar-refractivity contribution < 1.29 is 13.9 Å². The molecule has 1 unspecified atom stereocenters. The van der Waals surface area contributed by atoms with Gasteiger partial charge in [-0.3, -0.25) is 9.69 Å². The predicted molar refractivity (Wildman–Crippen MR) is 70.5 cm³/mol. The van der Waals surface area contributed by atoms with Crippen molar-refractivity contribution in [3.63, 3.8) is 0 Å². The average Bonchev–Trinajstić information content (AvgIpc) is 2.45. The van der Waals surface area contributed by atoms with Crippen LogP contribution in [0.4, 0.5) is 4.39 Å². The van der Waals surface area contributed by atoms with Crippen LogP contribution in [0.3, 0.4) is 0 Å². The highest BCUT2D eigenvalue weighted by atomic mass is 19.1. The molecule has 1 atom stereocenters. The van der Waals surface area contributed by atoms with Crippen LogP contribution in [0.2, 0.25) is 0 Å². The first-order chi connectivity index (χ1) is 9.20. The number of hydrogen-bond donors (Lipinski definition) is 1. The SMILES string of the molecule is COC(=O)C(CN1CCNCC1)c1cccc(F)c1. The number of piperazine rings is 1. The molecule has 0 bridgehead atoms. The van der Waals surface area contributed by atoms with Crippen LogP contribution >= 0.6 is 0 Å². The van der Waals surface area contributed by atoms with Gasteiger partial charge in [-0.1, -0.05) is 12.1 Å².